The zero-order valence-corrected chi connectivity index (χ0v) is 9.97. The summed E-state index contributed by atoms with van der Waals surface area (Å²) in [6.07, 6.45) is -0.232. The predicted molar refractivity (Wildman–Crippen MR) is 66.9 cm³/mol. The van der Waals surface area contributed by atoms with Gasteiger partial charge in [0.1, 0.15) is 11.4 Å². The van der Waals surface area contributed by atoms with E-state index >= 15 is 0 Å². The van der Waals surface area contributed by atoms with Gasteiger partial charge in [-0.25, -0.2) is 4.99 Å². The Bertz CT molecular complexity index is 516. The molecule has 0 saturated carbocycles. The van der Waals surface area contributed by atoms with Gasteiger partial charge in [-0.2, -0.15) is 0 Å². The molecule has 1 rings (SSSR count). The van der Waals surface area contributed by atoms with Gasteiger partial charge >= 0.3 is 5.97 Å². The summed E-state index contributed by atoms with van der Waals surface area (Å²) in [4.78, 5) is 26.0. The summed E-state index contributed by atoms with van der Waals surface area (Å²) < 4.78 is 5.06. The van der Waals surface area contributed by atoms with Gasteiger partial charge in [0.15, 0.2) is 5.78 Å². The lowest BCUT2D eigenvalue weighted by Crippen LogP contribution is -2.03. The molecule has 94 valence electrons. The van der Waals surface area contributed by atoms with Gasteiger partial charge < -0.3 is 9.84 Å². The second-order valence-electron chi connectivity index (χ2n) is 3.47. The van der Waals surface area contributed by atoms with Crippen molar-refractivity contribution in [2.45, 2.75) is 12.8 Å². The fraction of sp³-hybridized carbons (Fsp3) is 0.231. The highest BCUT2D eigenvalue weighted by atomic mass is 16.5. The van der Waals surface area contributed by atoms with E-state index in [0.717, 1.165) is 0 Å². The maximum atomic E-state index is 11.7. The second-order valence-corrected chi connectivity index (χ2v) is 3.47. The van der Waals surface area contributed by atoms with E-state index in [1.54, 1.807) is 12.1 Å². The number of hydrogen-bond donors (Lipinski definition) is 1. The second kappa shape index (κ2) is 6.37. The van der Waals surface area contributed by atoms with Gasteiger partial charge in [-0.3, -0.25) is 9.59 Å². The number of nitrogens with zero attached hydrogens (tertiary/aromatic N) is 1. The Morgan fingerprint density at radius 3 is 2.72 bits per heavy atom. The number of aliphatic carboxylic acids is 1. The molecule has 0 unspecified atom stereocenters. The van der Waals surface area contributed by atoms with Gasteiger partial charge in [0.2, 0.25) is 0 Å². The van der Waals surface area contributed by atoms with Crippen LogP contribution in [0.3, 0.4) is 0 Å². The third kappa shape index (κ3) is 3.57. The normalized spacial score (nSPS) is 9.39. The zero-order chi connectivity index (χ0) is 13.5. The van der Waals surface area contributed by atoms with E-state index in [0.29, 0.717) is 17.0 Å². The number of aliphatic imine (C=N–C) groups is 1. The summed E-state index contributed by atoms with van der Waals surface area (Å²) in [6.45, 7) is 3.36. The van der Waals surface area contributed by atoms with Crippen molar-refractivity contribution in [1.29, 1.82) is 0 Å². The van der Waals surface area contributed by atoms with Crippen LogP contribution in [0.2, 0.25) is 0 Å². The van der Waals surface area contributed by atoms with E-state index in [4.69, 9.17) is 9.84 Å². The molecule has 0 radical (unpaired) electrons. The molecule has 0 amide bonds. The number of carboxylic acids is 1. The molecule has 0 aliphatic rings. The lowest BCUT2D eigenvalue weighted by molar-refractivity contribution is -0.136. The molecule has 0 saturated heterocycles. The summed E-state index contributed by atoms with van der Waals surface area (Å²) >= 11 is 0. The lowest BCUT2D eigenvalue weighted by atomic mass is 10.1. The Balaban J connectivity index is 2.96. The maximum Gasteiger partial charge on any atom is 0.303 e. The molecular weight excluding hydrogens is 234 g/mol. The quantitative estimate of drug-likeness (QED) is 0.617. The number of rotatable bonds is 6. The minimum atomic E-state index is -0.999. The van der Waals surface area contributed by atoms with Crippen molar-refractivity contribution in [1.82, 2.24) is 0 Å². The summed E-state index contributed by atoms with van der Waals surface area (Å²) in [7, 11) is 1.49. The molecule has 1 aromatic carbocycles. The van der Waals surface area contributed by atoms with Crippen molar-refractivity contribution in [2.24, 2.45) is 4.99 Å². The van der Waals surface area contributed by atoms with Crippen molar-refractivity contribution in [3.63, 3.8) is 0 Å². The lowest BCUT2D eigenvalue weighted by Gasteiger charge is -2.05. The van der Waals surface area contributed by atoms with E-state index in [9.17, 15) is 9.59 Å². The molecule has 5 nitrogen and oxygen atoms in total. The fourth-order valence-corrected chi connectivity index (χ4v) is 1.40. The Kier molecular flexibility index (Phi) is 4.84. The SMILES string of the molecule is C=C=Nc1cc(C(=O)CCC(=O)O)ccc1OC. The Morgan fingerprint density at radius 2 is 2.17 bits per heavy atom. The minimum absolute atomic E-state index is 0.0428. The van der Waals surface area contributed by atoms with Gasteiger partial charge in [-0.05, 0) is 30.6 Å². The van der Waals surface area contributed by atoms with Crippen LogP contribution in [0.4, 0.5) is 5.69 Å². The first kappa shape index (κ1) is 13.7. The van der Waals surface area contributed by atoms with Crippen LogP contribution in [0.5, 0.6) is 5.75 Å². The molecule has 0 bridgehead atoms. The zero-order valence-electron chi connectivity index (χ0n) is 9.97. The van der Waals surface area contributed by atoms with E-state index in [1.165, 1.54) is 13.2 Å². The van der Waals surface area contributed by atoms with Crippen LogP contribution < -0.4 is 4.74 Å². The summed E-state index contributed by atoms with van der Waals surface area (Å²) in [5.74, 6) is 1.62. The number of carbonyl (C=O) groups excluding carboxylic acids is 1. The number of ketones is 1. The largest absolute Gasteiger partial charge is 0.494 e. The Morgan fingerprint density at radius 1 is 1.44 bits per heavy atom. The van der Waals surface area contributed by atoms with Crippen molar-refractivity contribution >= 4 is 23.3 Å². The molecule has 1 N–H and O–H groups in total. The summed E-state index contributed by atoms with van der Waals surface area (Å²) in [5, 5.41) is 8.52. The first-order valence-electron chi connectivity index (χ1n) is 5.24. The van der Waals surface area contributed by atoms with Crippen molar-refractivity contribution in [3.8, 4) is 5.75 Å². The molecular formula is C13H13NO4. The number of carbonyl (C=O) groups is 2. The Hall–Kier alpha value is -2.39. The number of hydrogen-bond acceptors (Lipinski definition) is 4. The highest BCUT2D eigenvalue weighted by molar-refractivity contribution is 5.98. The van der Waals surface area contributed by atoms with Gasteiger partial charge in [0, 0.05) is 12.0 Å². The molecule has 5 heteroatoms. The molecule has 18 heavy (non-hydrogen) atoms. The van der Waals surface area contributed by atoms with Crippen LogP contribution in [-0.2, 0) is 4.79 Å². The molecule has 0 fully saturated rings. The molecule has 0 heterocycles. The number of carboxylic acid groups (broad SMARTS) is 1. The van der Waals surface area contributed by atoms with Crippen molar-refractivity contribution in [3.05, 3.63) is 30.3 Å². The number of methoxy groups -OCH3 is 1. The smallest absolute Gasteiger partial charge is 0.303 e. The summed E-state index contributed by atoms with van der Waals surface area (Å²) in [6, 6.07) is 4.70. The first-order chi connectivity index (χ1) is 8.58. The van der Waals surface area contributed by atoms with Crippen LogP contribution in [-0.4, -0.2) is 29.8 Å². The number of Topliss-reactive ketones (excluding diaryl/α,β-unsaturated/α-hetero) is 1. The average Bonchev–Trinajstić information content (AvgIpc) is 2.36. The van der Waals surface area contributed by atoms with Gasteiger partial charge in [-0.1, -0.05) is 0 Å². The molecule has 0 spiro atoms. The Labute approximate surface area is 104 Å². The molecule has 1 aromatic rings. The monoisotopic (exact) mass is 247 g/mol. The first-order valence-corrected chi connectivity index (χ1v) is 5.24. The van der Waals surface area contributed by atoms with E-state index in [2.05, 4.69) is 17.4 Å². The van der Waals surface area contributed by atoms with E-state index in [1.807, 2.05) is 0 Å². The van der Waals surface area contributed by atoms with Crippen LogP contribution in [0, 0.1) is 0 Å². The maximum absolute atomic E-state index is 11.7. The molecule has 0 aromatic heterocycles. The fourth-order valence-electron chi connectivity index (χ4n) is 1.40. The standard InChI is InChI=1S/C13H13NO4/c1-3-14-10-8-9(4-6-12(10)18-2)11(15)5-7-13(16)17/h4,6,8H,1,5,7H2,2H3,(H,16,17). The van der Waals surface area contributed by atoms with Crippen LogP contribution in [0.25, 0.3) is 0 Å². The van der Waals surface area contributed by atoms with Gasteiger partial charge in [-0.15, -0.1) is 0 Å². The van der Waals surface area contributed by atoms with E-state index in [-0.39, 0.29) is 18.6 Å². The number of benzene rings is 1. The number of ether oxygens (including phenoxy) is 1. The van der Waals surface area contributed by atoms with E-state index < -0.39 is 5.97 Å². The molecule has 0 aliphatic carbocycles. The highest BCUT2D eigenvalue weighted by Gasteiger charge is 2.11. The highest BCUT2D eigenvalue weighted by Crippen LogP contribution is 2.28. The van der Waals surface area contributed by atoms with Crippen LogP contribution in [0.15, 0.2) is 29.8 Å². The topological polar surface area (TPSA) is 76.0 Å². The predicted octanol–water partition coefficient (Wildman–Crippen LogP) is 2.23. The third-order valence-corrected chi connectivity index (χ3v) is 2.27. The minimum Gasteiger partial charge on any atom is -0.494 e. The molecule has 0 aliphatic heterocycles. The van der Waals surface area contributed by atoms with Crippen molar-refractivity contribution < 1.29 is 19.4 Å². The van der Waals surface area contributed by atoms with Crippen molar-refractivity contribution in [2.75, 3.05) is 7.11 Å². The van der Waals surface area contributed by atoms with Crippen LogP contribution in [0.1, 0.15) is 23.2 Å². The summed E-state index contributed by atoms with van der Waals surface area (Å²) in [5.41, 5.74) is 0.833. The van der Waals surface area contributed by atoms with Gasteiger partial charge in [0.05, 0.1) is 13.5 Å². The van der Waals surface area contributed by atoms with Crippen LogP contribution >= 0.6 is 0 Å². The average molecular weight is 247 g/mol. The third-order valence-electron chi connectivity index (χ3n) is 2.27. The molecule has 0 atom stereocenters. The van der Waals surface area contributed by atoms with Gasteiger partial charge in [0.25, 0.3) is 0 Å².